The van der Waals surface area contributed by atoms with Crippen LogP contribution in [0.3, 0.4) is 0 Å². The van der Waals surface area contributed by atoms with E-state index in [1.165, 1.54) is 0 Å². The predicted octanol–water partition coefficient (Wildman–Crippen LogP) is 1.42. The zero-order chi connectivity index (χ0) is 7.84. The van der Waals surface area contributed by atoms with E-state index >= 15 is 0 Å². The molecule has 0 unspecified atom stereocenters. The first-order valence-electron chi connectivity index (χ1n) is 3.10. The van der Waals surface area contributed by atoms with Gasteiger partial charge in [-0.25, -0.2) is 9.97 Å². The monoisotopic (exact) mass is 212 g/mol. The molecule has 4 nitrogen and oxygen atoms in total. The summed E-state index contributed by atoms with van der Waals surface area (Å²) in [5.41, 5.74) is 0.698. The van der Waals surface area contributed by atoms with Gasteiger partial charge in [0.2, 0.25) is 0 Å². The van der Waals surface area contributed by atoms with E-state index in [0.29, 0.717) is 5.65 Å². The first kappa shape index (κ1) is 6.72. The highest BCUT2D eigenvalue weighted by atomic mass is 79.9. The summed E-state index contributed by atoms with van der Waals surface area (Å²) < 4.78 is 0.826. The lowest BCUT2D eigenvalue weighted by Gasteiger charge is -1.88. The summed E-state index contributed by atoms with van der Waals surface area (Å²) in [5, 5.41) is 7.64. The van der Waals surface area contributed by atoms with Gasteiger partial charge in [0, 0.05) is 6.20 Å². The van der Waals surface area contributed by atoms with E-state index in [1.807, 2.05) is 6.92 Å². The molecular formula is C6H5BrN4. The van der Waals surface area contributed by atoms with Crippen molar-refractivity contribution in [1.29, 1.82) is 0 Å². The minimum Gasteiger partial charge on any atom is -0.269 e. The van der Waals surface area contributed by atoms with Crippen molar-refractivity contribution in [1.82, 2.24) is 20.2 Å². The topological polar surface area (TPSA) is 54.5 Å². The lowest BCUT2D eigenvalue weighted by Crippen LogP contribution is -1.85. The van der Waals surface area contributed by atoms with E-state index in [2.05, 4.69) is 36.1 Å². The molecule has 0 bridgehead atoms. The van der Waals surface area contributed by atoms with E-state index in [0.717, 1.165) is 15.8 Å². The summed E-state index contributed by atoms with van der Waals surface area (Å²) in [5.74, 6) is 0.733. The molecule has 0 aliphatic heterocycles. The number of nitrogens with one attached hydrogen (secondary N) is 1. The fourth-order valence-electron chi connectivity index (χ4n) is 0.860. The van der Waals surface area contributed by atoms with Crippen LogP contribution in [0, 0.1) is 6.92 Å². The quantitative estimate of drug-likeness (QED) is 0.719. The van der Waals surface area contributed by atoms with Crippen LogP contribution >= 0.6 is 15.9 Å². The Morgan fingerprint density at radius 3 is 3.18 bits per heavy atom. The van der Waals surface area contributed by atoms with Crippen molar-refractivity contribution in [2.24, 2.45) is 0 Å². The van der Waals surface area contributed by atoms with Crippen LogP contribution in [-0.2, 0) is 0 Å². The van der Waals surface area contributed by atoms with Gasteiger partial charge in [-0.1, -0.05) is 0 Å². The second kappa shape index (κ2) is 2.27. The fraction of sp³-hybridized carbons (Fsp3) is 0.167. The third-order valence-electron chi connectivity index (χ3n) is 1.39. The Morgan fingerprint density at radius 2 is 2.36 bits per heavy atom. The molecule has 0 fully saturated rings. The van der Waals surface area contributed by atoms with Gasteiger partial charge in [0.25, 0.3) is 0 Å². The van der Waals surface area contributed by atoms with Crippen LogP contribution in [0.15, 0.2) is 10.8 Å². The molecule has 2 heterocycles. The van der Waals surface area contributed by atoms with Gasteiger partial charge in [0.05, 0.1) is 5.39 Å². The molecule has 0 radical (unpaired) electrons. The van der Waals surface area contributed by atoms with Crippen molar-refractivity contribution in [2.45, 2.75) is 6.92 Å². The van der Waals surface area contributed by atoms with Crippen LogP contribution in [-0.4, -0.2) is 20.2 Å². The van der Waals surface area contributed by atoms with Crippen molar-refractivity contribution in [3.63, 3.8) is 0 Å². The van der Waals surface area contributed by atoms with Gasteiger partial charge in [-0.3, -0.25) is 5.10 Å². The zero-order valence-electron chi connectivity index (χ0n) is 5.80. The van der Waals surface area contributed by atoms with Crippen molar-refractivity contribution in [2.75, 3.05) is 0 Å². The van der Waals surface area contributed by atoms with Crippen LogP contribution in [0.2, 0.25) is 0 Å². The van der Waals surface area contributed by atoms with E-state index in [9.17, 15) is 0 Å². The smallest absolute Gasteiger partial charge is 0.185 e. The highest BCUT2D eigenvalue weighted by Crippen LogP contribution is 2.17. The van der Waals surface area contributed by atoms with Gasteiger partial charge in [-0.05, 0) is 22.9 Å². The molecule has 0 atom stereocenters. The summed E-state index contributed by atoms with van der Waals surface area (Å²) >= 11 is 3.29. The molecule has 56 valence electrons. The number of rotatable bonds is 0. The Labute approximate surface area is 71.2 Å². The van der Waals surface area contributed by atoms with Crippen LogP contribution in [0.4, 0.5) is 0 Å². The molecule has 2 aromatic heterocycles. The molecule has 11 heavy (non-hydrogen) atoms. The molecule has 5 heteroatoms. The molecule has 0 saturated carbocycles. The number of aromatic amines is 1. The number of hydrogen-bond acceptors (Lipinski definition) is 3. The van der Waals surface area contributed by atoms with Crippen molar-refractivity contribution in [3.8, 4) is 0 Å². The summed E-state index contributed by atoms with van der Waals surface area (Å²) in [6, 6.07) is 0. The fourth-order valence-corrected chi connectivity index (χ4v) is 1.23. The maximum Gasteiger partial charge on any atom is 0.185 e. The maximum atomic E-state index is 4.11. The molecule has 0 amide bonds. The number of fused-ring (bicyclic) bond motifs is 1. The van der Waals surface area contributed by atoms with Crippen LogP contribution in [0.25, 0.3) is 11.0 Å². The average molecular weight is 213 g/mol. The second-order valence-electron chi connectivity index (χ2n) is 2.19. The van der Waals surface area contributed by atoms with E-state index in [1.54, 1.807) is 6.20 Å². The Morgan fingerprint density at radius 1 is 1.55 bits per heavy atom. The number of H-pyrrole nitrogens is 1. The molecule has 1 N–H and O–H groups in total. The van der Waals surface area contributed by atoms with Crippen molar-refractivity contribution < 1.29 is 0 Å². The second-order valence-corrected chi connectivity index (χ2v) is 2.99. The number of aryl methyl sites for hydroxylation is 1. The zero-order valence-corrected chi connectivity index (χ0v) is 7.38. The summed E-state index contributed by atoms with van der Waals surface area (Å²) in [6.45, 7) is 1.84. The predicted molar refractivity (Wildman–Crippen MR) is 44.1 cm³/mol. The van der Waals surface area contributed by atoms with Crippen molar-refractivity contribution >= 4 is 27.0 Å². The summed E-state index contributed by atoms with van der Waals surface area (Å²) in [7, 11) is 0. The lowest BCUT2D eigenvalue weighted by atomic mass is 10.4. The third kappa shape index (κ3) is 1.01. The first-order valence-corrected chi connectivity index (χ1v) is 3.90. The number of nitrogens with zero attached hydrogens (tertiary/aromatic N) is 3. The molecule has 0 aromatic carbocycles. The normalized spacial score (nSPS) is 10.7. The van der Waals surface area contributed by atoms with Gasteiger partial charge in [0.1, 0.15) is 10.4 Å². The minimum atomic E-state index is 0.698. The summed E-state index contributed by atoms with van der Waals surface area (Å²) in [6.07, 6.45) is 1.74. The Bertz CT molecular complexity index is 394. The molecule has 2 rings (SSSR count). The average Bonchev–Trinajstić information content (AvgIpc) is 2.32. The maximum absolute atomic E-state index is 4.11. The minimum absolute atomic E-state index is 0.698. The van der Waals surface area contributed by atoms with E-state index < -0.39 is 0 Å². The van der Waals surface area contributed by atoms with Gasteiger partial charge in [-0.15, -0.1) is 0 Å². The molecule has 0 spiro atoms. The van der Waals surface area contributed by atoms with Crippen LogP contribution in [0.5, 0.6) is 0 Å². The number of hydrogen-bond donors (Lipinski definition) is 1. The molecular weight excluding hydrogens is 208 g/mol. The standard InChI is InChI=1S/C6H5BrN4/c1-3-8-2-4-5(7)10-11-6(4)9-3/h2H,1H3,(H,8,9,10,11). The highest BCUT2D eigenvalue weighted by molar-refractivity contribution is 9.10. The molecule has 0 saturated heterocycles. The lowest BCUT2D eigenvalue weighted by molar-refractivity contribution is 1.04. The Balaban J connectivity index is 2.86. The largest absolute Gasteiger partial charge is 0.269 e. The van der Waals surface area contributed by atoms with Crippen molar-refractivity contribution in [3.05, 3.63) is 16.6 Å². The van der Waals surface area contributed by atoms with Gasteiger partial charge >= 0.3 is 0 Å². The highest BCUT2D eigenvalue weighted by Gasteiger charge is 2.02. The number of halogens is 1. The van der Waals surface area contributed by atoms with E-state index in [-0.39, 0.29) is 0 Å². The van der Waals surface area contributed by atoms with E-state index in [4.69, 9.17) is 0 Å². The third-order valence-corrected chi connectivity index (χ3v) is 1.99. The van der Waals surface area contributed by atoms with Crippen LogP contribution < -0.4 is 0 Å². The van der Waals surface area contributed by atoms with Gasteiger partial charge < -0.3 is 0 Å². The van der Waals surface area contributed by atoms with Crippen LogP contribution in [0.1, 0.15) is 5.82 Å². The molecule has 0 aliphatic rings. The molecule has 0 aliphatic carbocycles. The SMILES string of the molecule is Cc1ncc2c(Br)[nH]nc2n1. The Kier molecular flexibility index (Phi) is 1.38. The van der Waals surface area contributed by atoms with Gasteiger partial charge in [-0.2, -0.15) is 5.10 Å². The Hall–Kier alpha value is -0.970. The first-order chi connectivity index (χ1) is 5.27. The van der Waals surface area contributed by atoms with Gasteiger partial charge in [0.15, 0.2) is 5.65 Å². The summed E-state index contributed by atoms with van der Waals surface area (Å²) in [4.78, 5) is 8.15. The number of aromatic nitrogens is 4. The molecule has 2 aromatic rings.